The normalized spacial score (nSPS) is 17.9. The van der Waals surface area contributed by atoms with Crippen molar-refractivity contribution in [3.8, 4) is 5.75 Å². The molecule has 0 aliphatic carbocycles. The molecule has 1 saturated heterocycles. The van der Waals surface area contributed by atoms with Crippen LogP contribution in [0.15, 0.2) is 47.4 Å². The molecule has 1 amide bonds. The first kappa shape index (κ1) is 20.4. The Morgan fingerprint density at radius 2 is 1.93 bits per heavy atom. The Morgan fingerprint density at radius 3 is 2.61 bits per heavy atom. The zero-order valence-corrected chi connectivity index (χ0v) is 17.3. The highest BCUT2D eigenvalue weighted by atomic mass is 32.2. The van der Waals surface area contributed by atoms with E-state index in [1.165, 1.54) is 23.5 Å². The molecule has 150 valence electrons. The number of benzene rings is 2. The molecule has 0 aromatic heterocycles. The summed E-state index contributed by atoms with van der Waals surface area (Å²) in [6.45, 7) is 4.29. The first-order valence-corrected chi connectivity index (χ1v) is 10.9. The summed E-state index contributed by atoms with van der Waals surface area (Å²) >= 11 is 0. The number of hydrogen-bond acceptors (Lipinski definition) is 4. The third-order valence-corrected chi connectivity index (χ3v) is 7.18. The molecule has 0 bridgehead atoms. The van der Waals surface area contributed by atoms with Gasteiger partial charge in [0.1, 0.15) is 10.6 Å². The molecule has 1 N–H and O–H groups in total. The molecule has 6 nitrogen and oxygen atoms in total. The number of sulfonamides is 1. The van der Waals surface area contributed by atoms with Crippen molar-refractivity contribution < 1.29 is 17.9 Å². The Balaban J connectivity index is 1.96. The fourth-order valence-corrected chi connectivity index (χ4v) is 5.37. The van der Waals surface area contributed by atoms with Crippen molar-refractivity contribution in [2.45, 2.75) is 44.0 Å². The lowest BCUT2D eigenvalue weighted by molar-refractivity contribution is 0.102. The van der Waals surface area contributed by atoms with E-state index < -0.39 is 10.0 Å². The maximum Gasteiger partial charge on any atom is 0.255 e. The number of nitrogens with one attached hydrogen (secondary N) is 1. The largest absolute Gasteiger partial charge is 0.495 e. The summed E-state index contributed by atoms with van der Waals surface area (Å²) in [7, 11) is -2.33. The number of rotatable bonds is 5. The zero-order valence-electron chi connectivity index (χ0n) is 16.4. The Kier molecular flexibility index (Phi) is 6.05. The second-order valence-corrected chi connectivity index (χ2v) is 8.95. The third-order valence-electron chi connectivity index (χ3n) is 5.15. The molecule has 0 saturated carbocycles. The number of ether oxygens (including phenoxy) is 1. The fraction of sp³-hybridized carbons (Fsp3) is 0.381. The Morgan fingerprint density at radius 1 is 1.18 bits per heavy atom. The van der Waals surface area contributed by atoms with Crippen LogP contribution in [0.2, 0.25) is 0 Å². The number of carbonyl (C=O) groups excluding carboxylic acids is 1. The van der Waals surface area contributed by atoms with Gasteiger partial charge >= 0.3 is 0 Å². The molecule has 7 heteroatoms. The Bertz CT molecular complexity index is 972. The molecular weight excluding hydrogens is 376 g/mol. The number of amides is 1. The minimum Gasteiger partial charge on any atom is -0.495 e. The maximum absolute atomic E-state index is 13.3. The highest BCUT2D eigenvalue weighted by Gasteiger charge is 2.33. The SMILES string of the molecule is COc1ccc(C(=O)Nc2ccccc2C)cc1S(=O)(=O)N1CCCC[C@@H]1C. The standard InChI is InChI=1S/C21H26N2O4S/c1-15-8-4-5-10-18(15)22-21(24)17-11-12-19(27-3)20(14-17)28(25,26)23-13-7-6-9-16(23)2/h4-5,8,10-12,14,16H,6-7,9,13H2,1-3H3,(H,22,24)/t16-/m0/s1. The second-order valence-electron chi connectivity index (χ2n) is 7.10. The minimum atomic E-state index is -3.76. The molecule has 28 heavy (non-hydrogen) atoms. The highest BCUT2D eigenvalue weighted by molar-refractivity contribution is 7.89. The van der Waals surface area contributed by atoms with Gasteiger partial charge in [0, 0.05) is 23.8 Å². The van der Waals surface area contributed by atoms with Crippen LogP contribution in [0, 0.1) is 6.92 Å². The molecule has 2 aromatic rings. The van der Waals surface area contributed by atoms with Crippen LogP contribution in [0.5, 0.6) is 5.75 Å². The number of nitrogens with zero attached hydrogens (tertiary/aromatic N) is 1. The number of para-hydroxylation sites is 1. The van der Waals surface area contributed by atoms with Gasteiger partial charge in [0.25, 0.3) is 5.91 Å². The van der Waals surface area contributed by atoms with Gasteiger partial charge in [-0.25, -0.2) is 8.42 Å². The van der Waals surface area contributed by atoms with E-state index in [4.69, 9.17) is 4.74 Å². The van der Waals surface area contributed by atoms with E-state index in [0.29, 0.717) is 12.2 Å². The van der Waals surface area contributed by atoms with Crippen molar-refractivity contribution in [1.82, 2.24) is 4.31 Å². The van der Waals surface area contributed by atoms with E-state index in [9.17, 15) is 13.2 Å². The van der Waals surface area contributed by atoms with Crippen LogP contribution in [-0.4, -0.2) is 38.3 Å². The van der Waals surface area contributed by atoms with Gasteiger partial charge in [-0.1, -0.05) is 24.6 Å². The lowest BCUT2D eigenvalue weighted by Crippen LogP contribution is -2.42. The molecule has 1 fully saturated rings. The topological polar surface area (TPSA) is 75.7 Å². The molecule has 2 aromatic carbocycles. The predicted molar refractivity (Wildman–Crippen MR) is 109 cm³/mol. The molecular formula is C21H26N2O4S. The lowest BCUT2D eigenvalue weighted by atomic mass is 10.1. The van der Waals surface area contributed by atoms with Gasteiger partial charge in [0.05, 0.1) is 7.11 Å². The van der Waals surface area contributed by atoms with Crippen LogP contribution in [0.1, 0.15) is 42.1 Å². The van der Waals surface area contributed by atoms with Gasteiger partial charge in [-0.3, -0.25) is 4.79 Å². The Hall–Kier alpha value is -2.38. The van der Waals surface area contributed by atoms with Gasteiger partial charge in [-0.2, -0.15) is 4.31 Å². The quantitative estimate of drug-likeness (QED) is 0.825. The molecule has 1 heterocycles. The van der Waals surface area contributed by atoms with Crippen LogP contribution >= 0.6 is 0 Å². The molecule has 0 radical (unpaired) electrons. The summed E-state index contributed by atoms with van der Waals surface area (Å²) in [4.78, 5) is 12.8. The predicted octanol–water partition coefficient (Wildman–Crippen LogP) is 3.82. The van der Waals surface area contributed by atoms with Gasteiger partial charge in [-0.05, 0) is 56.5 Å². The number of carbonyl (C=O) groups is 1. The van der Waals surface area contributed by atoms with Crippen molar-refractivity contribution in [2.75, 3.05) is 19.0 Å². The Labute approximate surface area is 166 Å². The van der Waals surface area contributed by atoms with E-state index in [2.05, 4.69) is 5.32 Å². The molecule has 0 spiro atoms. The van der Waals surface area contributed by atoms with Gasteiger partial charge in [-0.15, -0.1) is 0 Å². The van der Waals surface area contributed by atoms with Crippen molar-refractivity contribution in [3.63, 3.8) is 0 Å². The summed E-state index contributed by atoms with van der Waals surface area (Å²) < 4.78 is 33.4. The van der Waals surface area contributed by atoms with Crippen molar-refractivity contribution in [2.24, 2.45) is 0 Å². The van der Waals surface area contributed by atoms with E-state index in [-0.39, 0.29) is 28.2 Å². The molecule has 0 unspecified atom stereocenters. The van der Waals surface area contributed by atoms with Gasteiger partial charge < -0.3 is 10.1 Å². The van der Waals surface area contributed by atoms with Crippen molar-refractivity contribution in [3.05, 3.63) is 53.6 Å². The molecule has 1 aliphatic heterocycles. The van der Waals surface area contributed by atoms with Gasteiger partial charge in [0.15, 0.2) is 0 Å². The van der Waals surface area contributed by atoms with E-state index in [1.54, 1.807) is 6.07 Å². The summed E-state index contributed by atoms with van der Waals surface area (Å²) in [6.07, 6.45) is 2.68. The minimum absolute atomic E-state index is 0.0289. The monoisotopic (exact) mass is 402 g/mol. The molecule has 1 aliphatic rings. The average molecular weight is 403 g/mol. The highest BCUT2D eigenvalue weighted by Crippen LogP contribution is 2.32. The van der Waals surface area contributed by atoms with Crippen LogP contribution in [0.25, 0.3) is 0 Å². The van der Waals surface area contributed by atoms with Crippen LogP contribution in [-0.2, 0) is 10.0 Å². The summed E-state index contributed by atoms with van der Waals surface area (Å²) in [5, 5.41) is 2.84. The number of methoxy groups -OCH3 is 1. The fourth-order valence-electron chi connectivity index (χ4n) is 3.48. The van der Waals surface area contributed by atoms with E-state index in [1.807, 2.05) is 38.1 Å². The summed E-state index contributed by atoms with van der Waals surface area (Å²) in [5.41, 5.74) is 1.89. The average Bonchev–Trinajstić information content (AvgIpc) is 2.69. The second kappa shape index (κ2) is 8.32. The van der Waals surface area contributed by atoms with Crippen molar-refractivity contribution in [1.29, 1.82) is 0 Å². The first-order chi connectivity index (χ1) is 13.3. The number of piperidine rings is 1. The van der Waals surface area contributed by atoms with Crippen LogP contribution < -0.4 is 10.1 Å². The van der Waals surface area contributed by atoms with E-state index >= 15 is 0 Å². The smallest absolute Gasteiger partial charge is 0.255 e. The number of anilines is 1. The molecule has 3 rings (SSSR count). The van der Waals surface area contributed by atoms with Crippen LogP contribution in [0.4, 0.5) is 5.69 Å². The number of aryl methyl sites for hydroxylation is 1. The van der Waals surface area contributed by atoms with E-state index in [0.717, 1.165) is 24.8 Å². The third kappa shape index (κ3) is 4.05. The summed E-state index contributed by atoms with van der Waals surface area (Å²) in [6, 6.07) is 11.9. The lowest BCUT2D eigenvalue weighted by Gasteiger charge is -2.32. The first-order valence-electron chi connectivity index (χ1n) is 9.41. The summed E-state index contributed by atoms with van der Waals surface area (Å²) in [5.74, 6) is -0.120. The van der Waals surface area contributed by atoms with Gasteiger partial charge in [0.2, 0.25) is 10.0 Å². The van der Waals surface area contributed by atoms with Crippen molar-refractivity contribution >= 4 is 21.6 Å². The molecule has 1 atom stereocenters. The van der Waals surface area contributed by atoms with Crippen LogP contribution in [0.3, 0.4) is 0 Å². The maximum atomic E-state index is 13.3. The number of hydrogen-bond donors (Lipinski definition) is 1. The zero-order chi connectivity index (χ0) is 20.3.